The number of nitrogens with one attached hydrogen (secondary N) is 1. The van der Waals surface area contributed by atoms with Crippen molar-refractivity contribution in [2.24, 2.45) is 0 Å². The van der Waals surface area contributed by atoms with E-state index in [-0.39, 0.29) is 34.6 Å². The van der Waals surface area contributed by atoms with Crippen LogP contribution in [0.4, 0.5) is 5.69 Å². The lowest BCUT2D eigenvalue weighted by atomic mass is 10.0. The first-order valence-electron chi connectivity index (χ1n) is 12.3. The molecule has 0 spiro atoms. The molecule has 0 aliphatic heterocycles. The smallest absolute Gasteiger partial charge is 0.244 e. The number of hydrogen-bond donors (Lipinski definition) is 1. The number of nitrogens with zero attached hydrogens (tertiary/aromatic N) is 2. The topological polar surface area (TPSA) is 86.8 Å². The van der Waals surface area contributed by atoms with Crippen LogP contribution in [-0.4, -0.2) is 50.5 Å². The zero-order valence-electron chi connectivity index (χ0n) is 21.6. The van der Waals surface area contributed by atoms with Gasteiger partial charge < -0.3 is 10.2 Å². The van der Waals surface area contributed by atoms with Crippen LogP contribution in [0.3, 0.4) is 0 Å². The molecule has 3 aromatic carbocycles. The van der Waals surface area contributed by atoms with E-state index in [2.05, 4.69) is 21.2 Å². The van der Waals surface area contributed by atoms with Crippen molar-refractivity contribution in [1.82, 2.24) is 10.2 Å². The largest absolute Gasteiger partial charge is 0.354 e. The number of rotatable bonds is 12. The Balaban J connectivity index is 2.04. The molecule has 0 unspecified atom stereocenters. The fraction of sp³-hybridized carbons (Fsp3) is 0.286. The van der Waals surface area contributed by atoms with Crippen molar-refractivity contribution < 1.29 is 18.0 Å². The van der Waals surface area contributed by atoms with Crippen molar-refractivity contribution in [1.29, 1.82) is 0 Å². The number of carbonyl (C=O) groups is 2. The van der Waals surface area contributed by atoms with E-state index < -0.39 is 28.5 Å². The predicted molar refractivity (Wildman–Crippen MR) is 161 cm³/mol. The van der Waals surface area contributed by atoms with Gasteiger partial charge in [0.2, 0.25) is 21.8 Å². The van der Waals surface area contributed by atoms with Crippen LogP contribution in [0.15, 0.2) is 77.3 Å². The van der Waals surface area contributed by atoms with Crippen LogP contribution < -0.4 is 9.62 Å². The second kappa shape index (κ2) is 14.2. The highest BCUT2D eigenvalue weighted by Gasteiger charge is 2.33. The number of anilines is 1. The summed E-state index contributed by atoms with van der Waals surface area (Å²) in [5.41, 5.74) is 1.85. The monoisotopic (exact) mass is 653 g/mol. The van der Waals surface area contributed by atoms with E-state index in [4.69, 9.17) is 23.2 Å². The molecule has 0 fully saturated rings. The molecule has 1 atom stereocenters. The van der Waals surface area contributed by atoms with Crippen molar-refractivity contribution in [3.8, 4) is 0 Å². The second-order valence-electron chi connectivity index (χ2n) is 9.01. The van der Waals surface area contributed by atoms with Crippen molar-refractivity contribution in [3.63, 3.8) is 0 Å². The first-order chi connectivity index (χ1) is 18.5. The first kappa shape index (κ1) is 30.9. The lowest BCUT2D eigenvalue weighted by Gasteiger charge is -2.33. The molecule has 0 saturated heterocycles. The van der Waals surface area contributed by atoms with E-state index in [0.29, 0.717) is 6.54 Å². The maximum atomic E-state index is 14.0. The van der Waals surface area contributed by atoms with Gasteiger partial charge in [0.1, 0.15) is 12.6 Å². The van der Waals surface area contributed by atoms with Crippen LogP contribution in [0.2, 0.25) is 10.0 Å². The number of carbonyl (C=O) groups excluding carboxylic acids is 2. The zero-order valence-corrected chi connectivity index (χ0v) is 25.5. The number of hydrogen-bond acceptors (Lipinski definition) is 4. The van der Waals surface area contributed by atoms with Gasteiger partial charge in [-0.2, -0.15) is 0 Å². The fourth-order valence-corrected chi connectivity index (χ4v) is 5.36. The highest BCUT2D eigenvalue weighted by atomic mass is 79.9. The Morgan fingerprint density at radius 3 is 2.21 bits per heavy atom. The first-order valence-corrected chi connectivity index (χ1v) is 15.7. The summed E-state index contributed by atoms with van der Waals surface area (Å²) in [6, 6.07) is 20.2. The van der Waals surface area contributed by atoms with Gasteiger partial charge in [0.25, 0.3) is 0 Å². The van der Waals surface area contributed by atoms with Crippen molar-refractivity contribution in [2.75, 3.05) is 23.7 Å². The highest BCUT2D eigenvalue weighted by molar-refractivity contribution is 9.10. The van der Waals surface area contributed by atoms with E-state index in [0.717, 1.165) is 32.6 Å². The molecular formula is C28H30BrCl2N3O4S. The molecule has 0 aliphatic rings. The van der Waals surface area contributed by atoms with Gasteiger partial charge in [-0.25, -0.2) is 8.42 Å². The normalized spacial score (nSPS) is 12.0. The molecule has 11 heteroatoms. The molecule has 0 aliphatic carbocycles. The SMILES string of the molecule is CCCNC(=O)[C@@H](Cc1ccccc1)N(Cc1ccc(Br)cc1)C(=O)CN(c1ccc(Cl)c(Cl)c1)S(C)(=O)=O. The van der Waals surface area contributed by atoms with Gasteiger partial charge in [0, 0.05) is 24.0 Å². The molecule has 3 aromatic rings. The van der Waals surface area contributed by atoms with Gasteiger partial charge >= 0.3 is 0 Å². The Kier molecular flexibility index (Phi) is 11.2. The Morgan fingerprint density at radius 1 is 0.949 bits per heavy atom. The molecule has 208 valence electrons. The minimum atomic E-state index is -3.90. The van der Waals surface area contributed by atoms with E-state index in [1.54, 1.807) is 0 Å². The van der Waals surface area contributed by atoms with Crippen LogP contribution in [0.5, 0.6) is 0 Å². The summed E-state index contributed by atoms with van der Waals surface area (Å²) in [7, 11) is -3.90. The van der Waals surface area contributed by atoms with Gasteiger partial charge in [-0.1, -0.05) is 88.5 Å². The Morgan fingerprint density at radius 2 is 1.62 bits per heavy atom. The van der Waals surface area contributed by atoms with Crippen LogP contribution in [-0.2, 0) is 32.6 Å². The molecule has 0 saturated carbocycles. The Labute approximate surface area is 248 Å². The van der Waals surface area contributed by atoms with E-state index in [9.17, 15) is 18.0 Å². The van der Waals surface area contributed by atoms with Crippen molar-refractivity contribution in [2.45, 2.75) is 32.4 Å². The average Bonchev–Trinajstić information content (AvgIpc) is 2.90. The van der Waals surface area contributed by atoms with Gasteiger partial charge in [-0.3, -0.25) is 13.9 Å². The van der Waals surface area contributed by atoms with E-state index in [1.165, 1.54) is 23.1 Å². The fourth-order valence-electron chi connectivity index (χ4n) is 3.96. The molecule has 0 heterocycles. The molecule has 0 radical (unpaired) electrons. The third-order valence-corrected chi connectivity index (χ3v) is 8.37. The summed E-state index contributed by atoms with van der Waals surface area (Å²) < 4.78 is 27.5. The van der Waals surface area contributed by atoms with Gasteiger partial charge in [-0.15, -0.1) is 0 Å². The molecular weight excluding hydrogens is 625 g/mol. The summed E-state index contributed by atoms with van der Waals surface area (Å²) in [6.45, 7) is 1.96. The highest BCUT2D eigenvalue weighted by Crippen LogP contribution is 2.29. The summed E-state index contributed by atoms with van der Waals surface area (Å²) >= 11 is 15.6. The number of halogens is 3. The lowest BCUT2D eigenvalue weighted by Crippen LogP contribution is -2.53. The number of amides is 2. The summed E-state index contributed by atoms with van der Waals surface area (Å²) in [5, 5.41) is 3.32. The number of sulfonamides is 1. The Bertz CT molecular complexity index is 1390. The van der Waals surface area contributed by atoms with Crippen molar-refractivity contribution in [3.05, 3.63) is 98.4 Å². The molecule has 3 rings (SSSR count). The quantitative estimate of drug-likeness (QED) is 0.272. The van der Waals surface area contributed by atoms with Crippen LogP contribution in [0.1, 0.15) is 24.5 Å². The van der Waals surface area contributed by atoms with Gasteiger partial charge in [0.05, 0.1) is 22.0 Å². The minimum Gasteiger partial charge on any atom is -0.354 e. The molecule has 1 N–H and O–H groups in total. The Hall–Kier alpha value is -2.59. The minimum absolute atomic E-state index is 0.0993. The van der Waals surface area contributed by atoms with Crippen molar-refractivity contribution >= 4 is 66.7 Å². The summed E-state index contributed by atoms with van der Waals surface area (Å²) in [4.78, 5) is 28.9. The maximum absolute atomic E-state index is 14.0. The molecule has 0 aromatic heterocycles. The maximum Gasteiger partial charge on any atom is 0.244 e. The van der Waals surface area contributed by atoms with Crippen LogP contribution in [0.25, 0.3) is 0 Å². The number of benzene rings is 3. The molecule has 39 heavy (non-hydrogen) atoms. The average molecular weight is 655 g/mol. The molecule has 0 bridgehead atoms. The molecule has 7 nitrogen and oxygen atoms in total. The van der Waals surface area contributed by atoms with E-state index in [1.807, 2.05) is 61.5 Å². The van der Waals surface area contributed by atoms with E-state index >= 15 is 0 Å². The van der Waals surface area contributed by atoms with Crippen LogP contribution in [0, 0.1) is 0 Å². The standard InChI is InChI=1S/C28H30BrCl2N3O4S/c1-3-15-32-28(36)26(16-20-7-5-4-6-8-20)33(18-21-9-11-22(29)12-10-21)27(35)19-34(39(2,37)38)23-13-14-24(30)25(31)17-23/h4-14,17,26H,3,15-16,18-19H2,1-2H3,(H,32,36)/t26-/m1/s1. The third kappa shape index (κ3) is 8.96. The molecule has 2 amide bonds. The van der Waals surface area contributed by atoms with Crippen LogP contribution >= 0.6 is 39.1 Å². The van der Waals surface area contributed by atoms with Gasteiger partial charge in [-0.05, 0) is 47.9 Å². The third-order valence-electron chi connectivity index (χ3n) is 5.96. The summed E-state index contributed by atoms with van der Waals surface area (Å²) in [6.07, 6.45) is 1.99. The zero-order chi connectivity index (χ0) is 28.6. The summed E-state index contributed by atoms with van der Waals surface area (Å²) in [5.74, 6) is -0.853. The predicted octanol–water partition coefficient (Wildman–Crippen LogP) is 5.69. The second-order valence-corrected chi connectivity index (χ2v) is 12.6. The lowest BCUT2D eigenvalue weighted by molar-refractivity contribution is -0.140. The van der Waals surface area contributed by atoms with Gasteiger partial charge in [0.15, 0.2) is 0 Å².